The second-order valence-corrected chi connectivity index (χ2v) is 5.90. The zero-order chi connectivity index (χ0) is 9.10. The van der Waals surface area contributed by atoms with Crippen LogP contribution in [0.1, 0.15) is 24.3 Å². The first-order valence-corrected chi connectivity index (χ1v) is 6.29. The second kappa shape index (κ2) is 4.53. The van der Waals surface area contributed by atoms with Crippen LogP contribution in [0.2, 0.25) is 0 Å². The van der Waals surface area contributed by atoms with Crippen LogP contribution in [0.5, 0.6) is 0 Å². The Balaban J connectivity index is 1.89. The highest BCUT2D eigenvalue weighted by molar-refractivity contribution is 9.11. The van der Waals surface area contributed by atoms with Crippen LogP contribution < -0.4 is 5.32 Å². The van der Waals surface area contributed by atoms with Gasteiger partial charge in [0, 0.05) is 12.5 Å². The molecule has 1 aliphatic rings. The van der Waals surface area contributed by atoms with Gasteiger partial charge in [0.25, 0.3) is 0 Å². The number of nitrogens with one attached hydrogen (secondary N) is 1. The fourth-order valence-corrected chi connectivity index (χ4v) is 3.07. The molecule has 0 bridgehead atoms. The molecule has 0 saturated carbocycles. The largest absolute Gasteiger partial charge is 0.314 e. The van der Waals surface area contributed by atoms with E-state index in [2.05, 4.69) is 26.2 Å². The summed E-state index contributed by atoms with van der Waals surface area (Å²) in [5, 5.41) is 4.77. The fourth-order valence-electron chi connectivity index (χ4n) is 1.69. The molecule has 4 heteroatoms. The summed E-state index contributed by atoms with van der Waals surface area (Å²) in [5.41, 5.74) is 0. The van der Waals surface area contributed by atoms with Crippen LogP contribution in [0, 0.1) is 0 Å². The molecule has 0 radical (unpaired) electrons. The smallest absolute Gasteiger partial charge is 0.0952 e. The van der Waals surface area contributed by atoms with Crippen molar-refractivity contribution in [2.45, 2.75) is 31.7 Å². The number of thiazole rings is 1. The maximum absolute atomic E-state index is 4.34. The number of hydrogen-bond donors (Lipinski definition) is 1. The SMILES string of the molecule is Brc1cnc(CC2CCCCN2)s1. The monoisotopic (exact) mass is 260 g/mol. The highest BCUT2D eigenvalue weighted by atomic mass is 79.9. The number of nitrogens with zero attached hydrogens (tertiary/aromatic N) is 1. The lowest BCUT2D eigenvalue weighted by Crippen LogP contribution is -2.35. The average Bonchev–Trinajstić information content (AvgIpc) is 2.53. The first kappa shape index (κ1) is 9.62. The van der Waals surface area contributed by atoms with Gasteiger partial charge in [0.05, 0.1) is 15.0 Å². The zero-order valence-corrected chi connectivity index (χ0v) is 9.83. The summed E-state index contributed by atoms with van der Waals surface area (Å²) in [4.78, 5) is 4.34. The third-order valence-corrected chi connectivity index (χ3v) is 3.86. The number of aromatic nitrogens is 1. The Kier molecular flexibility index (Phi) is 3.35. The second-order valence-electron chi connectivity index (χ2n) is 3.41. The predicted octanol–water partition coefficient (Wildman–Crippen LogP) is 2.59. The van der Waals surface area contributed by atoms with Gasteiger partial charge in [0.1, 0.15) is 0 Å². The van der Waals surface area contributed by atoms with Gasteiger partial charge in [0.2, 0.25) is 0 Å². The van der Waals surface area contributed by atoms with Crippen molar-refractivity contribution >= 4 is 27.3 Å². The molecule has 2 heterocycles. The minimum atomic E-state index is 0.659. The van der Waals surface area contributed by atoms with Gasteiger partial charge in [0.15, 0.2) is 0 Å². The molecule has 0 amide bonds. The Morgan fingerprint density at radius 1 is 1.62 bits per heavy atom. The quantitative estimate of drug-likeness (QED) is 0.885. The summed E-state index contributed by atoms with van der Waals surface area (Å²) in [5.74, 6) is 0. The summed E-state index contributed by atoms with van der Waals surface area (Å²) in [6.07, 6.45) is 6.98. The van der Waals surface area contributed by atoms with E-state index in [0.717, 1.165) is 10.2 Å². The van der Waals surface area contributed by atoms with Crippen LogP contribution in [-0.2, 0) is 6.42 Å². The molecule has 13 heavy (non-hydrogen) atoms. The molecule has 1 atom stereocenters. The Bertz CT molecular complexity index is 268. The predicted molar refractivity (Wildman–Crippen MR) is 59.2 cm³/mol. The minimum Gasteiger partial charge on any atom is -0.314 e. The lowest BCUT2D eigenvalue weighted by atomic mass is 10.0. The molecule has 1 aliphatic heterocycles. The van der Waals surface area contributed by atoms with E-state index in [1.54, 1.807) is 11.3 Å². The molecule has 1 saturated heterocycles. The Labute approximate surface area is 90.9 Å². The number of halogens is 1. The highest BCUT2D eigenvalue weighted by Crippen LogP contribution is 2.21. The minimum absolute atomic E-state index is 0.659. The maximum atomic E-state index is 4.34. The molecular weight excluding hydrogens is 248 g/mol. The standard InChI is InChI=1S/C9H13BrN2S/c10-8-6-12-9(13-8)5-7-3-1-2-4-11-7/h6-7,11H,1-5H2. The third kappa shape index (κ3) is 2.76. The van der Waals surface area contributed by atoms with Crippen molar-refractivity contribution in [1.82, 2.24) is 10.3 Å². The van der Waals surface area contributed by atoms with Gasteiger partial charge in [-0.3, -0.25) is 0 Å². The molecule has 0 spiro atoms. The topological polar surface area (TPSA) is 24.9 Å². The molecule has 0 aromatic carbocycles. The van der Waals surface area contributed by atoms with E-state index in [-0.39, 0.29) is 0 Å². The molecular formula is C9H13BrN2S. The van der Waals surface area contributed by atoms with E-state index in [1.165, 1.54) is 30.8 Å². The molecule has 0 aliphatic carbocycles. The molecule has 1 unspecified atom stereocenters. The van der Waals surface area contributed by atoms with E-state index in [9.17, 15) is 0 Å². The van der Waals surface area contributed by atoms with Gasteiger partial charge in [-0.05, 0) is 35.3 Å². The summed E-state index contributed by atoms with van der Waals surface area (Å²) < 4.78 is 1.14. The zero-order valence-electron chi connectivity index (χ0n) is 7.42. The van der Waals surface area contributed by atoms with Crippen LogP contribution in [0.15, 0.2) is 9.98 Å². The normalized spacial score (nSPS) is 23.3. The van der Waals surface area contributed by atoms with Gasteiger partial charge >= 0.3 is 0 Å². The van der Waals surface area contributed by atoms with Gasteiger partial charge < -0.3 is 5.32 Å². The van der Waals surface area contributed by atoms with E-state index >= 15 is 0 Å². The first-order valence-electron chi connectivity index (χ1n) is 4.68. The number of rotatable bonds is 2. The van der Waals surface area contributed by atoms with Crippen LogP contribution >= 0.6 is 27.3 Å². The van der Waals surface area contributed by atoms with Crippen molar-refractivity contribution < 1.29 is 0 Å². The number of hydrogen-bond acceptors (Lipinski definition) is 3. The summed E-state index contributed by atoms with van der Waals surface area (Å²) in [6.45, 7) is 1.18. The first-order chi connectivity index (χ1) is 6.34. The van der Waals surface area contributed by atoms with E-state index in [4.69, 9.17) is 0 Å². The summed E-state index contributed by atoms with van der Waals surface area (Å²) in [6, 6.07) is 0.659. The lowest BCUT2D eigenvalue weighted by molar-refractivity contribution is 0.399. The van der Waals surface area contributed by atoms with Gasteiger partial charge in [-0.1, -0.05) is 6.42 Å². The molecule has 1 fully saturated rings. The van der Waals surface area contributed by atoms with Crippen molar-refractivity contribution in [2.24, 2.45) is 0 Å². The van der Waals surface area contributed by atoms with Crippen LogP contribution in [0.4, 0.5) is 0 Å². The third-order valence-electron chi connectivity index (χ3n) is 2.36. The van der Waals surface area contributed by atoms with Crippen LogP contribution in [0.25, 0.3) is 0 Å². The van der Waals surface area contributed by atoms with Crippen molar-refractivity contribution in [3.8, 4) is 0 Å². The van der Waals surface area contributed by atoms with E-state index < -0.39 is 0 Å². The van der Waals surface area contributed by atoms with Crippen molar-refractivity contribution in [3.05, 3.63) is 15.0 Å². The van der Waals surface area contributed by atoms with Crippen LogP contribution in [0.3, 0.4) is 0 Å². The Hall–Kier alpha value is 0.0700. The summed E-state index contributed by atoms with van der Waals surface area (Å²) in [7, 11) is 0. The fraction of sp³-hybridized carbons (Fsp3) is 0.667. The Morgan fingerprint density at radius 3 is 3.15 bits per heavy atom. The Morgan fingerprint density at radius 2 is 2.54 bits per heavy atom. The van der Waals surface area contributed by atoms with Gasteiger partial charge in [-0.25, -0.2) is 4.98 Å². The van der Waals surface area contributed by atoms with Gasteiger partial charge in [-0.2, -0.15) is 0 Å². The molecule has 2 nitrogen and oxygen atoms in total. The molecule has 1 aromatic heterocycles. The van der Waals surface area contributed by atoms with Crippen LogP contribution in [-0.4, -0.2) is 17.6 Å². The van der Waals surface area contributed by atoms with E-state index in [0.29, 0.717) is 6.04 Å². The van der Waals surface area contributed by atoms with Crippen molar-refractivity contribution in [2.75, 3.05) is 6.54 Å². The summed E-state index contributed by atoms with van der Waals surface area (Å²) >= 11 is 5.18. The molecule has 72 valence electrons. The van der Waals surface area contributed by atoms with E-state index in [1.807, 2.05) is 6.20 Å². The number of piperidine rings is 1. The molecule has 1 aromatic rings. The highest BCUT2D eigenvalue weighted by Gasteiger charge is 2.14. The van der Waals surface area contributed by atoms with Gasteiger partial charge in [-0.15, -0.1) is 11.3 Å². The maximum Gasteiger partial charge on any atom is 0.0952 e. The van der Waals surface area contributed by atoms with Crippen molar-refractivity contribution in [1.29, 1.82) is 0 Å². The molecule has 1 N–H and O–H groups in total. The lowest BCUT2D eigenvalue weighted by Gasteiger charge is -2.22. The van der Waals surface area contributed by atoms with Crippen molar-refractivity contribution in [3.63, 3.8) is 0 Å². The molecule has 2 rings (SSSR count). The average molecular weight is 261 g/mol.